The molecule has 1 atom stereocenters. The summed E-state index contributed by atoms with van der Waals surface area (Å²) in [6, 6.07) is 16.9. The second-order valence-electron chi connectivity index (χ2n) is 6.71. The Morgan fingerprint density at radius 1 is 1.17 bits per heavy atom. The molecular weight excluding hydrogens is 468 g/mol. The average molecular weight is 485 g/mol. The van der Waals surface area contributed by atoms with Crippen LogP contribution < -0.4 is 16.2 Å². The second-order valence-corrected chi connectivity index (χ2v) is 8.59. The Morgan fingerprint density at radius 3 is 2.73 bits per heavy atom. The lowest BCUT2D eigenvalue weighted by Crippen LogP contribution is -2.36. The lowest BCUT2D eigenvalue weighted by Gasteiger charge is -2.23. The molecule has 0 aliphatic carbocycles. The zero-order chi connectivity index (χ0) is 21.1. The summed E-state index contributed by atoms with van der Waals surface area (Å²) in [7, 11) is 0. The van der Waals surface area contributed by atoms with Gasteiger partial charge in [-0.05, 0) is 23.8 Å². The normalized spacial score (nSPS) is 15.2. The number of aromatic amines is 1. The minimum absolute atomic E-state index is 0.117. The van der Waals surface area contributed by atoms with Gasteiger partial charge in [0.2, 0.25) is 11.8 Å². The van der Waals surface area contributed by atoms with Gasteiger partial charge in [0.05, 0.1) is 11.5 Å². The summed E-state index contributed by atoms with van der Waals surface area (Å²) in [4.78, 5) is 44.9. The number of aromatic nitrogens is 2. The molecule has 0 radical (unpaired) electrons. The number of amides is 2. The smallest absolute Gasteiger partial charge is 0.257 e. The summed E-state index contributed by atoms with van der Waals surface area (Å²) in [5.74, 6) is -0.948. The van der Waals surface area contributed by atoms with Gasteiger partial charge in [-0.15, -0.1) is 0 Å². The first-order valence-corrected chi connectivity index (χ1v) is 10.9. The molecule has 1 aliphatic rings. The van der Waals surface area contributed by atoms with Crippen LogP contribution in [0.2, 0.25) is 0 Å². The summed E-state index contributed by atoms with van der Waals surface area (Å²) >= 11 is 4.70. The SMILES string of the molecule is O=C1C[C@H](C(=O)Nc2cccc(Br)c2)c2c(nc(SCc3ccccc3)[nH]c2=O)N1. The number of anilines is 2. The largest absolute Gasteiger partial charge is 0.326 e. The van der Waals surface area contributed by atoms with Crippen molar-refractivity contribution in [3.63, 3.8) is 0 Å². The molecule has 7 nitrogen and oxygen atoms in total. The molecule has 3 aromatic rings. The molecule has 9 heteroatoms. The van der Waals surface area contributed by atoms with E-state index in [0.717, 1.165) is 10.0 Å². The predicted molar refractivity (Wildman–Crippen MR) is 120 cm³/mol. The topological polar surface area (TPSA) is 104 Å². The highest BCUT2D eigenvalue weighted by Gasteiger charge is 2.34. The summed E-state index contributed by atoms with van der Waals surface area (Å²) in [6.45, 7) is 0. The van der Waals surface area contributed by atoms with Crippen molar-refractivity contribution in [1.29, 1.82) is 0 Å². The van der Waals surface area contributed by atoms with Gasteiger partial charge in [-0.2, -0.15) is 0 Å². The van der Waals surface area contributed by atoms with Crippen LogP contribution in [0.25, 0.3) is 0 Å². The molecule has 3 N–H and O–H groups in total. The maximum Gasteiger partial charge on any atom is 0.257 e. The van der Waals surface area contributed by atoms with Crippen molar-refractivity contribution in [1.82, 2.24) is 9.97 Å². The van der Waals surface area contributed by atoms with Gasteiger partial charge < -0.3 is 15.6 Å². The molecular formula is C21H17BrN4O3S. The summed E-state index contributed by atoms with van der Waals surface area (Å²) in [5.41, 5.74) is 1.40. The third-order valence-electron chi connectivity index (χ3n) is 4.56. The number of hydrogen-bond donors (Lipinski definition) is 3. The van der Waals surface area contributed by atoms with E-state index < -0.39 is 17.4 Å². The Hall–Kier alpha value is -2.91. The van der Waals surface area contributed by atoms with Gasteiger partial charge in [-0.3, -0.25) is 14.4 Å². The van der Waals surface area contributed by atoms with Crippen LogP contribution in [-0.4, -0.2) is 21.8 Å². The zero-order valence-electron chi connectivity index (χ0n) is 15.6. The summed E-state index contributed by atoms with van der Waals surface area (Å²) in [6.07, 6.45) is -0.117. The fourth-order valence-electron chi connectivity index (χ4n) is 3.16. The number of rotatable bonds is 5. The van der Waals surface area contributed by atoms with Gasteiger partial charge >= 0.3 is 0 Å². The van der Waals surface area contributed by atoms with Crippen LogP contribution in [0, 0.1) is 0 Å². The van der Waals surface area contributed by atoms with E-state index in [1.165, 1.54) is 11.8 Å². The molecule has 0 saturated heterocycles. The Bertz CT molecular complexity index is 1170. The lowest BCUT2D eigenvalue weighted by molar-refractivity contribution is -0.123. The average Bonchev–Trinajstić information content (AvgIpc) is 2.72. The van der Waals surface area contributed by atoms with E-state index in [0.29, 0.717) is 16.6 Å². The van der Waals surface area contributed by atoms with Gasteiger partial charge in [0, 0.05) is 22.3 Å². The monoisotopic (exact) mass is 484 g/mol. The number of carbonyl (C=O) groups is 2. The first kappa shape index (κ1) is 20.4. The Balaban J connectivity index is 1.58. The lowest BCUT2D eigenvalue weighted by atomic mass is 9.92. The van der Waals surface area contributed by atoms with Crippen LogP contribution in [-0.2, 0) is 15.3 Å². The van der Waals surface area contributed by atoms with E-state index in [2.05, 4.69) is 36.5 Å². The fourth-order valence-corrected chi connectivity index (χ4v) is 4.38. The van der Waals surface area contributed by atoms with E-state index in [-0.39, 0.29) is 23.7 Å². The minimum atomic E-state index is -0.919. The second kappa shape index (κ2) is 8.85. The highest BCUT2D eigenvalue weighted by atomic mass is 79.9. The van der Waals surface area contributed by atoms with Crippen molar-refractivity contribution in [2.45, 2.75) is 23.2 Å². The van der Waals surface area contributed by atoms with Crippen LogP contribution in [0.5, 0.6) is 0 Å². The van der Waals surface area contributed by atoms with Crippen molar-refractivity contribution in [2.75, 3.05) is 10.6 Å². The standard InChI is InChI=1S/C21H17BrN4O3S/c22-13-7-4-8-14(9-13)23-19(28)15-10-16(27)24-18-17(15)20(29)26-21(25-18)30-11-12-5-2-1-3-6-12/h1-9,15H,10-11H2,(H,23,28)(H2,24,25,26,27,29)/t15-/m0/s1. The number of H-pyrrole nitrogens is 1. The van der Waals surface area contributed by atoms with Gasteiger partial charge in [-0.1, -0.05) is 64.1 Å². The summed E-state index contributed by atoms with van der Waals surface area (Å²) in [5, 5.41) is 5.78. The number of nitrogens with zero attached hydrogens (tertiary/aromatic N) is 1. The molecule has 0 unspecified atom stereocenters. The third kappa shape index (κ3) is 4.63. The fraction of sp³-hybridized carbons (Fsp3) is 0.143. The van der Waals surface area contributed by atoms with Gasteiger partial charge in [0.15, 0.2) is 5.16 Å². The van der Waals surface area contributed by atoms with Crippen molar-refractivity contribution in [3.05, 3.63) is 80.6 Å². The first-order valence-electron chi connectivity index (χ1n) is 9.17. The third-order valence-corrected chi connectivity index (χ3v) is 5.99. The molecule has 0 bridgehead atoms. The number of thioether (sulfide) groups is 1. The molecule has 0 spiro atoms. The predicted octanol–water partition coefficient (Wildman–Crippen LogP) is 3.89. The molecule has 0 saturated carbocycles. The van der Waals surface area contributed by atoms with Crippen molar-refractivity contribution in [3.8, 4) is 0 Å². The van der Waals surface area contributed by atoms with E-state index in [1.54, 1.807) is 18.2 Å². The van der Waals surface area contributed by atoms with E-state index >= 15 is 0 Å². The van der Waals surface area contributed by atoms with Crippen molar-refractivity contribution in [2.24, 2.45) is 0 Å². The zero-order valence-corrected chi connectivity index (χ0v) is 18.0. The van der Waals surface area contributed by atoms with Crippen LogP contribution in [0.3, 0.4) is 0 Å². The number of nitrogens with one attached hydrogen (secondary N) is 3. The number of benzene rings is 2. The molecule has 2 heterocycles. The minimum Gasteiger partial charge on any atom is -0.326 e. The van der Waals surface area contributed by atoms with Crippen LogP contribution in [0.1, 0.15) is 23.5 Å². The molecule has 152 valence electrons. The Kier molecular flexibility index (Phi) is 6.01. The van der Waals surface area contributed by atoms with E-state index in [1.807, 2.05) is 36.4 Å². The van der Waals surface area contributed by atoms with Gasteiger partial charge in [-0.25, -0.2) is 4.98 Å². The van der Waals surface area contributed by atoms with E-state index in [9.17, 15) is 14.4 Å². The maximum absolute atomic E-state index is 12.8. The van der Waals surface area contributed by atoms with Gasteiger partial charge in [0.25, 0.3) is 5.56 Å². The molecule has 1 aliphatic heterocycles. The first-order chi connectivity index (χ1) is 14.5. The molecule has 4 rings (SSSR count). The molecule has 2 aromatic carbocycles. The summed E-state index contributed by atoms with van der Waals surface area (Å²) < 4.78 is 0.807. The maximum atomic E-state index is 12.8. The van der Waals surface area contributed by atoms with Crippen LogP contribution >= 0.6 is 27.7 Å². The van der Waals surface area contributed by atoms with Crippen molar-refractivity contribution >= 4 is 51.0 Å². The highest BCUT2D eigenvalue weighted by Crippen LogP contribution is 2.31. The molecule has 2 amide bonds. The van der Waals surface area contributed by atoms with Gasteiger partial charge in [0.1, 0.15) is 5.82 Å². The number of halogens is 1. The number of carbonyl (C=O) groups excluding carboxylic acids is 2. The Morgan fingerprint density at radius 2 is 1.97 bits per heavy atom. The van der Waals surface area contributed by atoms with Crippen LogP contribution in [0.4, 0.5) is 11.5 Å². The Labute approximate surface area is 184 Å². The van der Waals surface area contributed by atoms with Crippen molar-refractivity contribution < 1.29 is 9.59 Å². The quantitative estimate of drug-likeness (QED) is 0.376. The molecule has 1 aromatic heterocycles. The number of fused-ring (bicyclic) bond motifs is 1. The number of hydrogen-bond acceptors (Lipinski definition) is 5. The molecule has 30 heavy (non-hydrogen) atoms. The van der Waals surface area contributed by atoms with Crippen LogP contribution in [0.15, 0.2) is 69.0 Å². The highest BCUT2D eigenvalue weighted by molar-refractivity contribution is 9.10. The van der Waals surface area contributed by atoms with E-state index in [4.69, 9.17) is 0 Å². The molecule has 0 fully saturated rings.